The highest BCUT2D eigenvalue weighted by Gasteiger charge is 2.48. The Bertz CT molecular complexity index is 894. The number of nitrogens with one attached hydrogen (secondary N) is 2. The van der Waals surface area contributed by atoms with Gasteiger partial charge in [0.1, 0.15) is 17.7 Å². The molecule has 9 nitrogen and oxygen atoms in total. The van der Waals surface area contributed by atoms with Crippen LogP contribution in [0.25, 0.3) is 0 Å². The summed E-state index contributed by atoms with van der Waals surface area (Å²) in [5.74, 6) is -4.53. The van der Waals surface area contributed by atoms with Crippen LogP contribution in [0.3, 0.4) is 0 Å². The van der Waals surface area contributed by atoms with E-state index in [2.05, 4.69) is 15.6 Å². The average molecular weight is 437 g/mol. The molecule has 0 bridgehead atoms. The Morgan fingerprint density at radius 1 is 1.42 bits per heavy atom. The molecule has 1 aliphatic rings. The number of alkyl halides is 2. The van der Waals surface area contributed by atoms with Gasteiger partial charge in [-0.25, -0.2) is 13.6 Å². The molecule has 2 N–H and O–H groups in total. The van der Waals surface area contributed by atoms with Crippen LogP contribution in [0.1, 0.15) is 50.2 Å². The van der Waals surface area contributed by atoms with Crippen LogP contribution in [-0.2, 0) is 16.1 Å². The number of pyridine rings is 1. The van der Waals surface area contributed by atoms with Crippen LogP contribution >= 0.6 is 0 Å². The highest BCUT2D eigenvalue weighted by molar-refractivity contribution is 5.97. The van der Waals surface area contributed by atoms with Crippen molar-refractivity contribution in [2.75, 3.05) is 6.54 Å². The van der Waals surface area contributed by atoms with E-state index in [1.165, 1.54) is 25.3 Å². The van der Waals surface area contributed by atoms with Gasteiger partial charge in [0.05, 0.1) is 24.9 Å². The Labute approximate surface area is 178 Å². The quantitative estimate of drug-likeness (QED) is 0.726. The molecule has 0 spiro atoms. The summed E-state index contributed by atoms with van der Waals surface area (Å²) in [7, 11) is 0. The van der Waals surface area contributed by atoms with Crippen molar-refractivity contribution in [3.8, 4) is 6.07 Å². The van der Waals surface area contributed by atoms with Crippen molar-refractivity contribution in [3.63, 3.8) is 0 Å². The summed E-state index contributed by atoms with van der Waals surface area (Å²) in [5.41, 5.74) is -0.119. The van der Waals surface area contributed by atoms with E-state index in [4.69, 9.17) is 10.00 Å². The number of rotatable bonds is 5. The molecule has 31 heavy (non-hydrogen) atoms. The van der Waals surface area contributed by atoms with Crippen LogP contribution in [0.2, 0.25) is 0 Å². The first-order valence-electron chi connectivity index (χ1n) is 9.62. The molecule has 11 heteroatoms. The zero-order valence-electron chi connectivity index (χ0n) is 17.7. The monoisotopic (exact) mass is 437 g/mol. The molecular weight excluding hydrogens is 412 g/mol. The summed E-state index contributed by atoms with van der Waals surface area (Å²) in [6.45, 7) is 5.68. The third-order valence-electron chi connectivity index (χ3n) is 4.31. The third kappa shape index (κ3) is 6.87. The maximum absolute atomic E-state index is 13.6. The third-order valence-corrected chi connectivity index (χ3v) is 4.31. The number of likely N-dealkylation sites (tertiary alicyclic amines) is 1. The van der Waals surface area contributed by atoms with Gasteiger partial charge in [0, 0.05) is 18.2 Å². The van der Waals surface area contributed by atoms with Crippen molar-refractivity contribution in [2.45, 2.75) is 64.3 Å². The van der Waals surface area contributed by atoms with E-state index in [1.807, 2.05) is 0 Å². The largest absolute Gasteiger partial charge is 0.444 e. The predicted octanol–water partition coefficient (Wildman–Crippen LogP) is 1.98. The van der Waals surface area contributed by atoms with Crippen molar-refractivity contribution in [1.29, 1.82) is 5.26 Å². The lowest BCUT2D eigenvalue weighted by molar-refractivity contribution is -0.134. The van der Waals surface area contributed by atoms with Gasteiger partial charge >= 0.3 is 6.09 Å². The fourth-order valence-electron chi connectivity index (χ4n) is 2.95. The number of hydrogen-bond donors (Lipinski definition) is 2. The van der Waals surface area contributed by atoms with Crippen LogP contribution in [0.4, 0.5) is 13.6 Å². The summed E-state index contributed by atoms with van der Waals surface area (Å²) in [4.78, 5) is 41.6. The van der Waals surface area contributed by atoms with Gasteiger partial charge in [0.15, 0.2) is 0 Å². The molecule has 3 amide bonds. The first-order valence-corrected chi connectivity index (χ1v) is 9.62. The second-order valence-corrected chi connectivity index (χ2v) is 8.26. The minimum atomic E-state index is -3.14. The van der Waals surface area contributed by atoms with Crippen molar-refractivity contribution in [2.24, 2.45) is 0 Å². The molecule has 168 valence electrons. The van der Waals surface area contributed by atoms with E-state index < -0.39 is 54.5 Å². The van der Waals surface area contributed by atoms with Gasteiger partial charge in [-0.3, -0.25) is 14.6 Å². The minimum absolute atomic E-state index is 0.0111. The van der Waals surface area contributed by atoms with Crippen LogP contribution in [-0.4, -0.2) is 57.9 Å². The van der Waals surface area contributed by atoms with E-state index in [-0.39, 0.29) is 12.1 Å². The molecule has 2 rings (SSSR count). The van der Waals surface area contributed by atoms with Gasteiger partial charge in [0.25, 0.3) is 11.8 Å². The molecule has 1 saturated heterocycles. The number of ether oxygens (including phenoxy) is 1. The molecule has 0 aromatic carbocycles. The highest BCUT2D eigenvalue weighted by Crippen LogP contribution is 2.32. The topological polar surface area (TPSA) is 124 Å². The second kappa shape index (κ2) is 9.24. The van der Waals surface area contributed by atoms with Gasteiger partial charge in [-0.2, -0.15) is 5.26 Å². The Hall–Kier alpha value is -3.29. The number of aromatic nitrogens is 1. The van der Waals surface area contributed by atoms with Crippen molar-refractivity contribution < 1.29 is 27.9 Å². The van der Waals surface area contributed by atoms with Gasteiger partial charge in [-0.05, 0) is 39.8 Å². The molecule has 1 aliphatic heterocycles. The molecule has 1 aromatic heterocycles. The molecule has 0 radical (unpaired) electrons. The number of carbonyl (C=O) groups excluding carboxylic acids is 3. The number of halogens is 2. The first kappa shape index (κ1) is 24.0. The minimum Gasteiger partial charge on any atom is -0.444 e. The Morgan fingerprint density at radius 3 is 2.71 bits per heavy atom. The second-order valence-electron chi connectivity index (χ2n) is 8.26. The lowest BCUT2D eigenvalue weighted by atomic mass is 10.2. The number of hydrogen-bond acceptors (Lipinski definition) is 6. The van der Waals surface area contributed by atoms with Gasteiger partial charge in [-0.15, -0.1) is 0 Å². The number of nitrogens with zero attached hydrogens (tertiary/aromatic N) is 3. The van der Waals surface area contributed by atoms with Crippen LogP contribution in [0.5, 0.6) is 0 Å². The smallest absolute Gasteiger partial charge is 0.407 e. The Balaban J connectivity index is 1.97. The number of amides is 3. The van der Waals surface area contributed by atoms with Crippen LogP contribution in [0, 0.1) is 11.3 Å². The standard InChI is InChI=1S/C20H25F2N5O4/c1-12(17(29)27-11-20(21,22)8-15(27)9-23)26-16(28)13-5-6-24-14(7-13)10-25-18(30)31-19(2,3)4/h5-7,12,15H,8,10-11H2,1-4H3,(H,25,30)(H,26,28)/t12-,15-/m0/s1. The van der Waals surface area contributed by atoms with E-state index >= 15 is 0 Å². The van der Waals surface area contributed by atoms with Crippen molar-refractivity contribution in [1.82, 2.24) is 20.5 Å². The van der Waals surface area contributed by atoms with Crippen molar-refractivity contribution >= 4 is 17.9 Å². The zero-order valence-corrected chi connectivity index (χ0v) is 17.7. The predicted molar refractivity (Wildman–Crippen MR) is 105 cm³/mol. The summed E-state index contributed by atoms with van der Waals surface area (Å²) >= 11 is 0. The number of alkyl carbamates (subject to hydrolysis) is 1. The summed E-state index contributed by atoms with van der Waals surface area (Å²) in [6, 6.07) is 2.17. The molecule has 1 fully saturated rings. The first-order chi connectivity index (χ1) is 14.3. The fourth-order valence-corrected chi connectivity index (χ4v) is 2.95. The Morgan fingerprint density at radius 2 is 2.10 bits per heavy atom. The summed E-state index contributed by atoms with van der Waals surface area (Å²) < 4.78 is 32.3. The maximum Gasteiger partial charge on any atom is 0.407 e. The van der Waals surface area contributed by atoms with E-state index in [9.17, 15) is 23.2 Å². The van der Waals surface area contributed by atoms with E-state index in [0.717, 1.165) is 4.90 Å². The van der Waals surface area contributed by atoms with Crippen molar-refractivity contribution in [3.05, 3.63) is 29.6 Å². The average Bonchev–Trinajstić information content (AvgIpc) is 2.99. The SMILES string of the molecule is C[C@H](NC(=O)c1ccnc(CNC(=O)OC(C)(C)C)c1)C(=O)N1CC(F)(F)C[C@H]1C#N. The normalized spacial score (nSPS) is 18.6. The molecule has 2 heterocycles. The molecule has 2 atom stereocenters. The Kier molecular flexibility index (Phi) is 7.15. The molecule has 0 unspecified atom stereocenters. The van der Waals surface area contributed by atoms with E-state index in [0.29, 0.717) is 5.69 Å². The lowest BCUT2D eigenvalue weighted by Crippen LogP contribution is -2.48. The molecule has 0 aliphatic carbocycles. The molecule has 0 saturated carbocycles. The molecule has 1 aromatic rings. The van der Waals surface area contributed by atoms with Gasteiger partial charge in [-0.1, -0.05) is 0 Å². The zero-order chi connectivity index (χ0) is 23.4. The lowest BCUT2D eigenvalue weighted by Gasteiger charge is -2.23. The van der Waals surface area contributed by atoms with E-state index in [1.54, 1.807) is 26.8 Å². The number of nitriles is 1. The van der Waals surface area contributed by atoms with Crippen LogP contribution in [0.15, 0.2) is 18.3 Å². The fraction of sp³-hybridized carbons (Fsp3) is 0.550. The van der Waals surface area contributed by atoms with Gasteiger partial charge < -0.3 is 20.3 Å². The number of carbonyl (C=O) groups is 3. The van der Waals surface area contributed by atoms with Gasteiger partial charge in [0.2, 0.25) is 5.91 Å². The summed E-state index contributed by atoms with van der Waals surface area (Å²) in [5, 5.41) is 14.0. The van der Waals surface area contributed by atoms with Crippen LogP contribution < -0.4 is 10.6 Å². The highest BCUT2D eigenvalue weighted by atomic mass is 19.3. The maximum atomic E-state index is 13.6. The summed E-state index contributed by atoms with van der Waals surface area (Å²) in [6.07, 6.45) is -0.00745. The molecular formula is C20H25F2N5O4.